The fraction of sp³-hybridized carbons (Fsp3) is 0.846. The Bertz CT molecular complexity index is 2820. The fourth-order valence-corrected chi connectivity index (χ4v) is 18.0. The predicted octanol–water partition coefficient (Wildman–Crippen LogP) is -3.28. The third-order valence-corrected chi connectivity index (χ3v) is 23.7. The van der Waals surface area contributed by atoms with Crippen LogP contribution in [0.15, 0.2) is 4.99 Å². The number of esters is 5. The molecule has 0 spiro atoms. The first kappa shape index (κ1) is 118. The summed E-state index contributed by atoms with van der Waals surface area (Å²) in [4.78, 5) is 127. The van der Waals surface area contributed by atoms with Crippen molar-refractivity contribution >= 4 is 83.8 Å². The van der Waals surface area contributed by atoms with Crippen LogP contribution in [0.25, 0.3) is 0 Å². The number of carbonyl (C=O) groups is 11. The molecule has 0 bridgehead atoms. The number of carbonyl (C=O) groups excluding carboxylic acids is 10. The van der Waals surface area contributed by atoms with E-state index in [0.717, 1.165) is 64.2 Å². The van der Waals surface area contributed by atoms with Crippen molar-refractivity contribution in [3.8, 4) is 0 Å². The Labute approximate surface area is 727 Å². The molecule has 114 heavy (non-hydrogen) atoms. The van der Waals surface area contributed by atoms with Crippen LogP contribution < -0.4 is 114 Å². The van der Waals surface area contributed by atoms with E-state index in [0.29, 0.717) is 31.1 Å². The number of carboxylic acid groups (broad SMARTS) is 2. The first-order valence-corrected chi connectivity index (χ1v) is 39.6. The number of aliphatic imine (C=N–C) groups is 1. The van der Waals surface area contributed by atoms with Crippen LogP contribution in [0.4, 0.5) is 0 Å². The standard InChI is InChI=1S/C16H29NO4.C15H28N4O4.C15H28N2O4.C14H26N2O4.C14H27NO3.C4H6O3.ClH.2Na.H2O/c1-6-11(7-2)14(17-10(4)18)13-9(3)8-12(15(13)19)16(20)21-5;1-4-8(5-2)12(18-7(3)20)11-10(19-15(16)17)6-9(13(11)21)14(22)23;1-5-9(6-2)13(17-8(3)18)12-11(16)7-10(14(12)19)15(20)21-4;1-4-8(5-2)12(16-7(3)17)11-10(15)6-9(13(11)18)14(19)20;1-5-9(6-2)12(15)11-8(3)7-10(13(11)16)14(17)18-4;1-3(5)7-4(2)6;;;;/h9,11-15,19H,6-8H2,1-5H3,(H,17,18);8-13,21H,4-6H2,1-3H3,(H,18,20)(H,22,23)(H4,16,17,19);9-14,19H,5-7,16H2,1-4H3,(H,17,18);8-13,18H,4-6,15H2,1-3H3,(H,16,17)(H,19,20);8-13,16H,5-7,15H2,1-4H3;1-2H3;1H;;;1H2/q;;;;;;;2*+1;/p-2/t9-,12+,13-,14+,15-;9-,10+,11+,12-,13+;10-,11+,12+,13-,14+;9-,10+,11+,12-,13+;8-,10+,11-,12+,13-;;;;;/m10001...../s1. The Morgan fingerprint density at radius 1 is 0.421 bits per heavy atom. The molecule has 0 aromatic rings. The molecule has 5 saturated carbocycles. The number of ether oxygens (including phenoxy) is 4. The number of hydrogen-bond donors (Lipinski definition) is 15. The number of amides is 4. The fourth-order valence-electron chi connectivity index (χ4n) is 18.0. The smallest absolute Gasteiger partial charge is 0.870 e. The Balaban J connectivity index is -0.000000422. The van der Waals surface area contributed by atoms with Crippen molar-refractivity contribution in [2.24, 2.45) is 134 Å². The van der Waals surface area contributed by atoms with E-state index in [-0.39, 0.29) is 215 Å². The average Bonchev–Trinajstić information content (AvgIpc) is 1.65. The summed E-state index contributed by atoms with van der Waals surface area (Å²) in [6.45, 7) is 32.8. The van der Waals surface area contributed by atoms with Crippen LogP contribution in [0.2, 0.25) is 0 Å². The monoisotopic (exact) mass is 1670 g/mol. The maximum Gasteiger partial charge on any atom is 1.00 e. The Kier molecular flexibility index (Phi) is 61.4. The third-order valence-electron chi connectivity index (χ3n) is 23.7. The van der Waals surface area contributed by atoms with E-state index in [1.807, 2.05) is 48.5 Å². The van der Waals surface area contributed by atoms with Crippen LogP contribution in [0.5, 0.6) is 0 Å². The Hall–Kier alpha value is -4.43. The molecule has 0 saturated heterocycles. The zero-order valence-corrected chi connectivity index (χ0v) is 77.1. The SMILES string of the molecule is CC(=O)OC(C)=O.CCC(CC)[C@H](N)[C@@H]1[C@H](O)[C@@H](C(=O)OC)C[C@H]1C.CCC(CC)[C@H](NC(C)=O)[C@@H]1[C@H](O)[C@@H](C(=O)O)C[C@H]1N=C(N)N.CCC(CC)[C@H](NC(C)=O)[C@@H]1[C@H](O)[C@@H](C(=O)OC)C[C@H]1C.CCC(CC)[C@H](NC(C)=O)[C@@H]1[C@H](O)[C@@H](C(=O)OC)C[C@H]1N.CCC(CC)[C@H](NC(C)=O)[C@@H]1[C@H](O)[C@@H](C(=O)[O-])C[C@H]1N.Cl.[Na+].[Na+].[OH-]. The van der Waals surface area contributed by atoms with Crippen molar-refractivity contribution in [2.75, 3.05) is 21.3 Å². The number of rotatable bonds is 30. The molecule has 5 aliphatic carbocycles. The molecule has 5 aliphatic rings. The molecule has 5 fully saturated rings. The Morgan fingerprint density at radius 2 is 0.675 bits per heavy atom. The molecular weight excluding hydrogens is 1530 g/mol. The zero-order chi connectivity index (χ0) is 85.2. The van der Waals surface area contributed by atoms with Gasteiger partial charge in [-0.2, -0.15) is 0 Å². The topological polar surface area (TPSA) is 590 Å². The van der Waals surface area contributed by atoms with Crippen molar-refractivity contribution in [2.45, 2.75) is 300 Å². The first-order chi connectivity index (χ1) is 51.4. The van der Waals surface area contributed by atoms with Gasteiger partial charge < -0.3 is 115 Å². The van der Waals surface area contributed by atoms with Gasteiger partial charge in [0, 0.05) is 125 Å². The number of aliphatic hydroxyl groups excluding tert-OH is 5. The van der Waals surface area contributed by atoms with Gasteiger partial charge in [-0.05, 0) is 73.5 Å². The molecule has 0 aromatic heterocycles. The van der Waals surface area contributed by atoms with E-state index < -0.39 is 114 Å². The summed E-state index contributed by atoms with van der Waals surface area (Å²) >= 11 is 0. The van der Waals surface area contributed by atoms with E-state index in [2.05, 4.69) is 65.6 Å². The first-order valence-electron chi connectivity index (χ1n) is 39.6. The van der Waals surface area contributed by atoms with Crippen LogP contribution in [0.3, 0.4) is 0 Å². The van der Waals surface area contributed by atoms with Gasteiger partial charge in [0.05, 0.1) is 81.6 Å². The van der Waals surface area contributed by atoms with Gasteiger partial charge in [0.25, 0.3) is 0 Å². The van der Waals surface area contributed by atoms with Crippen LogP contribution in [0.1, 0.15) is 221 Å². The largest absolute Gasteiger partial charge is 1.00 e. The number of nitrogens with one attached hydrogen (secondary N) is 4. The minimum absolute atomic E-state index is 0. The number of methoxy groups -OCH3 is 3. The van der Waals surface area contributed by atoms with Gasteiger partial charge >= 0.3 is 94.9 Å². The van der Waals surface area contributed by atoms with Crippen molar-refractivity contribution in [3.63, 3.8) is 0 Å². The molecule has 33 nitrogen and oxygen atoms in total. The summed E-state index contributed by atoms with van der Waals surface area (Å²) in [5.74, 6) is -8.62. The van der Waals surface area contributed by atoms with Crippen LogP contribution >= 0.6 is 12.4 Å². The summed E-state index contributed by atoms with van der Waals surface area (Å²) in [7, 11) is 4.02. The van der Waals surface area contributed by atoms with Gasteiger partial charge in [-0.15, -0.1) is 12.4 Å². The van der Waals surface area contributed by atoms with E-state index in [9.17, 15) is 88.5 Å². The van der Waals surface area contributed by atoms with Gasteiger partial charge in [-0.1, -0.05) is 147 Å². The second-order valence-corrected chi connectivity index (χ2v) is 30.6. The van der Waals surface area contributed by atoms with E-state index in [4.69, 9.17) is 42.9 Å². The number of aliphatic carboxylic acids is 2. The molecule has 36 heteroatoms. The maximum absolute atomic E-state index is 11.8. The van der Waals surface area contributed by atoms with Crippen LogP contribution in [0, 0.1) is 101 Å². The molecule has 21 N–H and O–H groups in total. The van der Waals surface area contributed by atoms with E-state index in [1.54, 1.807) is 0 Å². The molecule has 0 unspecified atom stereocenters. The molecule has 654 valence electrons. The van der Waals surface area contributed by atoms with Crippen molar-refractivity contribution in [1.82, 2.24) is 21.3 Å². The van der Waals surface area contributed by atoms with Crippen LogP contribution in [-0.2, 0) is 71.7 Å². The van der Waals surface area contributed by atoms with E-state index in [1.165, 1.54) is 62.9 Å². The second-order valence-electron chi connectivity index (χ2n) is 30.6. The van der Waals surface area contributed by atoms with Crippen LogP contribution in [-0.4, -0.2) is 208 Å². The predicted molar refractivity (Wildman–Crippen MR) is 421 cm³/mol. The summed E-state index contributed by atoms with van der Waals surface area (Å²) < 4.78 is 18.2. The normalized spacial score (nSPS) is 28.2. The molecule has 0 heterocycles. The van der Waals surface area contributed by atoms with Crippen molar-refractivity contribution < 1.29 is 172 Å². The van der Waals surface area contributed by atoms with Crippen molar-refractivity contribution in [3.05, 3.63) is 0 Å². The Morgan fingerprint density at radius 3 is 0.930 bits per heavy atom. The molecule has 0 aromatic carbocycles. The summed E-state index contributed by atoms with van der Waals surface area (Å²) in [6.07, 6.45) is 6.36. The maximum atomic E-state index is 11.8. The molecule has 5 rings (SSSR count). The van der Waals surface area contributed by atoms with Gasteiger partial charge in [0.1, 0.15) is 0 Å². The zero-order valence-electron chi connectivity index (χ0n) is 72.3. The van der Waals surface area contributed by atoms with Gasteiger partial charge in [-0.3, -0.25) is 47.9 Å². The summed E-state index contributed by atoms with van der Waals surface area (Å²) in [5, 5.41) is 84.3. The number of nitrogens with two attached hydrogens (primary N) is 5. The molecule has 0 aliphatic heterocycles. The minimum Gasteiger partial charge on any atom is -0.870 e. The molecule has 0 radical (unpaired) electrons. The minimum atomic E-state index is -1.28. The summed E-state index contributed by atoms with van der Waals surface area (Å²) in [5.41, 5.74) is 29.4. The number of carboxylic acids is 2. The third kappa shape index (κ3) is 35.5. The molecule has 25 atom stereocenters. The average molecular weight is 1670 g/mol. The van der Waals surface area contributed by atoms with E-state index >= 15 is 0 Å². The molecule has 4 amide bonds. The number of hydrogen-bond acceptors (Lipinski definition) is 26. The van der Waals surface area contributed by atoms with Crippen molar-refractivity contribution in [1.29, 1.82) is 0 Å². The number of halogens is 1. The number of guanidine groups is 1. The quantitative estimate of drug-likeness (QED) is 0.00837. The number of nitrogens with zero attached hydrogens (tertiary/aromatic N) is 1. The van der Waals surface area contributed by atoms with Gasteiger partial charge in [-0.25, -0.2) is 4.99 Å². The summed E-state index contributed by atoms with van der Waals surface area (Å²) in [6, 6.07) is -2.37. The number of aliphatic hydroxyl groups is 5. The van der Waals surface area contributed by atoms with Gasteiger partial charge in [0.2, 0.25) is 23.6 Å². The van der Waals surface area contributed by atoms with Gasteiger partial charge in [0.15, 0.2) is 5.96 Å². The second kappa shape index (κ2) is 59.3. The molecular formula is C78H145ClN10Na2O23.